The molecule has 0 aliphatic rings. The van der Waals surface area contributed by atoms with E-state index in [9.17, 15) is 9.59 Å². The van der Waals surface area contributed by atoms with Crippen LogP contribution in [0.5, 0.6) is 5.75 Å². The quantitative estimate of drug-likeness (QED) is 0.579. The van der Waals surface area contributed by atoms with E-state index in [1.807, 2.05) is 12.1 Å². The molecule has 29 heavy (non-hydrogen) atoms. The Morgan fingerprint density at radius 2 is 1.72 bits per heavy atom. The van der Waals surface area contributed by atoms with E-state index in [-0.39, 0.29) is 17.2 Å². The average Bonchev–Trinajstić information content (AvgIpc) is 2.77. The fourth-order valence-corrected chi connectivity index (χ4v) is 3.35. The molecule has 1 heterocycles. The molecule has 0 spiro atoms. The summed E-state index contributed by atoms with van der Waals surface area (Å²) >= 11 is 1.29. The lowest BCUT2D eigenvalue weighted by molar-refractivity contribution is -0.118. The van der Waals surface area contributed by atoms with Crippen LogP contribution >= 0.6 is 11.8 Å². The van der Waals surface area contributed by atoms with Crippen LogP contribution in [0.4, 0.5) is 0 Å². The Bertz CT molecular complexity index is 1010. The zero-order valence-electron chi connectivity index (χ0n) is 16.4. The summed E-state index contributed by atoms with van der Waals surface area (Å²) in [6.07, 6.45) is 0.995. The van der Waals surface area contributed by atoms with Gasteiger partial charge in [-0.25, -0.2) is 0 Å². The van der Waals surface area contributed by atoms with Crippen LogP contribution in [0.15, 0.2) is 70.5 Å². The highest BCUT2D eigenvalue weighted by atomic mass is 32.2. The summed E-state index contributed by atoms with van der Waals surface area (Å²) in [6, 6.07) is 18.3. The van der Waals surface area contributed by atoms with Gasteiger partial charge >= 0.3 is 0 Å². The number of carbonyl (C=O) groups is 1. The van der Waals surface area contributed by atoms with Gasteiger partial charge < -0.3 is 10.1 Å². The molecule has 0 aliphatic carbocycles. The first kappa shape index (κ1) is 20.7. The summed E-state index contributed by atoms with van der Waals surface area (Å²) in [5.74, 6) is 0.841. The van der Waals surface area contributed by atoms with Gasteiger partial charge in [-0.15, -0.1) is 0 Å². The van der Waals surface area contributed by atoms with Crippen molar-refractivity contribution in [2.24, 2.45) is 0 Å². The molecular weight excluding hydrogens is 386 g/mol. The molecule has 2 aromatic carbocycles. The Morgan fingerprint density at radius 3 is 2.38 bits per heavy atom. The monoisotopic (exact) mass is 409 g/mol. The molecule has 1 N–H and O–H groups in total. The van der Waals surface area contributed by atoms with Crippen LogP contribution < -0.4 is 15.6 Å². The second kappa shape index (κ2) is 9.93. The van der Waals surface area contributed by atoms with Crippen LogP contribution in [-0.2, 0) is 17.8 Å². The van der Waals surface area contributed by atoms with Crippen molar-refractivity contribution in [3.63, 3.8) is 0 Å². The van der Waals surface area contributed by atoms with Crippen molar-refractivity contribution in [3.8, 4) is 11.4 Å². The topological polar surface area (TPSA) is 73.2 Å². The molecular formula is C22H23N3O3S. The summed E-state index contributed by atoms with van der Waals surface area (Å²) in [5.41, 5.74) is 2.73. The van der Waals surface area contributed by atoms with Gasteiger partial charge in [0.05, 0.1) is 18.6 Å². The van der Waals surface area contributed by atoms with Crippen LogP contribution in [0.1, 0.15) is 18.1 Å². The number of nitrogens with one attached hydrogen (secondary N) is 1. The van der Waals surface area contributed by atoms with Gasteiger partial charge in [0, 0.05) is 12.6 Å². The van der Waals surface area contributed by atoms with E-state index in [0.29, 0.717) is 23.0 Å². The first-order valence-corrected chi connectivity index (χ1v) is 10.3. The summed E-state index contributed by atoms with van der Waals surface area (Å²) in [6.45, 7) is 2.60. The first-order chi connectivity index (χ1) is 14.1. The van der Waals surface area contributed by atoms with Crippen LogP contribution in [0.3, 0.4) is 0 Å². The lowest BCUT2D eigenvalue weighted by Gasteiger charge is -2.08. The fraction of sp³-hybridized carbons (Fsp3) is 0.227. The highest BCUT2D eigenvalue weighted by molar-refractivity contribution is 7.99. The normalized spacial score (nSPS) is 10.6. The van der Waals surface area contributed by atoms with Crippen LogP contribution in [-0.4, -0.2) is 28.6 Å². The number of aromatic nitrogens is 2. The third kappa shape index (κ3) is 5.71. The van der Waals surface area contributed by atoms with Crippen molar-refractivity contribution in [2.45, 2.75) is 24.9 Å². The molecule has 6 nitrogen and oxygen atoms in total. The van der Waals surface area contributed by atoms with Gasteiger partial charge in [-0.2, -0.15) is 9.78 Å². The lowest BCUT2D eigenvalue weighted by Crippen LogP contribution is -2.25. The number of rotatable bonds is 8. The molecule has 0 radical (unpaired) electrons. The van der Waals surface area contributed by atoms with Crippen molar-refractivity contribution >= 4 is 17.7 Å². The third-order valence-corrected chi connectivity index (χ3v) is 5.28. The maximum Gasteiger partial charge on any atom is 0.271 e. The number of amides is 1. The number of hydrogen-bond acceptors (Lipinski definition) is 5. The summed E-state index contributed by atoms with van der Waals surface area (Å²) in [7, 11) is 1.59. The van der Waals surface area contributed by atoms with Gasteiger partial charge in [0.1, 0.15) is 10.8 Å². The van der Waals surface area contributed by atoms with Gasteiger partial charge in [0.2, 0.25) is 5.91 Å². The molecule has 150 valence electrons. The Hall–Kier alpha value is -3.06. The number of ether oxygens (including phenoxy) is 1. The maximum absolute atomic E-state index is 12.2. The van der Waals surface area contributed by atoms with E-state index in [4.69, 9.17) is 4.74 Å². The predicted octanol–water partition coefficient (Wildman–Crippen LogP) is 3.21. The van der Waals surface area contributed by atoms with Crippen molar-refractivity contribution in [1.29, 1.82) is 0 Å². The molecule has 7 heteroatoms. The van der Waals surface area contributed by atoms with Crippen LogP contribution in [0, 0.1) is 0 Å². The second-order valence-electron chi connectivity index (χ2n) is 6.36. The van der Waals surface area contributed by atoms with Crippen molar-refractivity contribution in [1.82, 2.24) is 15.1 Å². The Morgan fingerprint density at radius 1 is 1.03 bits per heavy atom. The minimum absolute atomic E-state index is 0.0847. The van der Waals surface area contributed by atoms with E-state index in [1.54, 1.807) is 37.4 Å². The SMILES string of the molecule is CCc1ccc(CNC(=O)CSc2ccc(=O)n(-c3ccc(OC)cc3)n2)cc1. The number of methoxy groups -OCH3 is 1. The predicted molar refractivity (Wildman–Crippen MR) is 115 cm³/mol. The third-order valence-electron chi connectivity index (χ3n) is 4.36. The zero-order chi connectivity index (χ0) is 20.6. The van der Waals surface area contributed by atoms with Crippen molar-refractivity contribution < 1.29 is 9.53 Å². The molecule has 0 unspecified atom stereocenters. The van der Waals surface area contributed by atoms with Gasteiger partial charge in [-0.05, 0) is 47.9 Å². The molecule has 3 aromatic rings. The number of thioether (sulfide) groups is 1. The summed E-state index contributed by atoms with van der Waals surface area (Å²) in [5, 5.41) is 7.86. The average molecular weight is 410 g/mol. The van der Waals surface area contributed by atoms with Gasteiger partial charge in [0.15, 0.2) is 0 Å². The number of benzene rings is 2. The molecule has 1 amide bonds. The Balaban J connectivity index is 1.58. The molecule has 0 aliphatic heterocycles. The number of carbonyl (C=O) groups excluding carboxylic acids is 1. The van der Waals surface area contributed by atoms with Gasteiger partial charge in [0.25, 0.3) is 5.56 Å². The molecule has 0 fully saturated rings. The molecule has 1 aromatic heterocycles. The smallest absolute Gasteiger partial charge is 0.271 e. The molecule has 0 bridgehead atoms. The standard InChI is InChI=1S/C22H23N3O3S/c1-3-16-4-6-17(7-5-16)14-23-20(26)15-29-21-12-13-22(27)25(24-21)18-8-10-19(28-2)11-9-18/h4-13H,3,14-15H2,1-2H3,(H,23,26). The van der Waals surface area contributed by atoms with Crippen LogP contribution in [0.25, 0.3) is 5.69 Å². The second-order valence-corrected chi connectivity index (χ2v) is 7.35. The fourth-order valence-electron chi connectivity index (χ4n) is 2.66. The summed E-state index contributed by atoms with van der Waals surface area (Å²) < 4.78 is 6.45. The Kier molecular flexibility index (Phi) is 7.08. The minimum Gasteiger partial charge on any atom is -0.497 e. The maximum atomic E-state index is 12.2. The molecule has 0 atom stereocenters. The zero-order valence-corrected chi connectivity index (χ0v) is 17.2. The lowest BCUT2D eigenvalue weighted by atomic mass is 10.1. The minimum atomic E-state index is -0.237. The Labute approximate surface area is 173 Å². The molecule has 3 rings (SSSR count). The van der Waals surface area contributed by atoms with Crippen molar-refractivity contribution in [2.75, 3.05) is 12.9 Å². The van der Waals surface area contributed by atoms with E-state index in [0.717, 1.165) is 12.0 Å². The number of nitrogens with zero attached hydrogens (tertiary/aromatic N) is 2. The van der Waals surface area contributed by atoms with Crippen LogP contribution in [0.2, 0.25) is 0 Å². The number of aryl methyl sites for hydroxylation is 1. The first-order valence-electron chi connectivity index (χ1n) is 9.31. The van der Waals surface area contributed by atoms with E-state index in [1.165, 1.54) is 28.1 Å². The van der Waals surface area contributed by atoms with E-state index < -0.39 is 0 Å². The molecule has 0 saturated carbocycles. The molecule has 0 saturated heterocycles. The highest BCUT2D eigenvalue weighted by Crippen LogP contribution is 2.16. The van der Waals surface area contributed by atoms with E-state index >= 15 is 0 Å². The summed E-state index contributed by atoms with van der Waals surface area (Å²) in [4.78, 5) is 24.3. The highest BCUT2D eigenvalue weighted by Gasteiger charge is 2.07. The van der Waals surface area contributed by atoms with Crippen molar-refractivity contribution in [3.05, 3.63) is 82.1 Å². The number of hydrogen-bond donors (Lipinski definition) is 1. The van der Waals surface area contributed by atoms with Gasteiger partial charge in [-0.3, -0.25) is 9.59 Å². The largest absolute Gasteiger partial charge is 0.497 e. The van der Waals surface area contributed by atoms with E-state index in [2.05, 4.69) is 29.5 Å². The van der Waals surface area contributed by atoms with Gasteiger partial charge in [-0.1, -0.05) is 43.0 Å².